The standard InChI is InChI=1S/C12H15BrF3NO/c1-17-10(5-6-12(14,15)16)9-4-3-8(13)7-11(9)18-2/h3-4,7,10,17H,5-6H2,1-2H3. The van der Waals surface area contributed by atoms with E-state index in [4.69, 9.17) is 4.74 Å². The highest BCUT2D eigenvalue weighted by atomic mass is 79.9. The highest BCUT2D eigenvalue weighted by Gasteiger charge is 2.29. The summed E-state index contributed by atoms with van der Waals surface area (Å²) in [6.45, 7) is 0. The Hall–Kier alpha value is -0.750. The molecule has 0 aromatic heterocycles. The summed E-state index contributed by atoms with van der Waals surface area (Å²) < 4.78 is 42.8. The van der Waals surface area contributed by atoms with Crippen LogP contribution in [0.5, 0.6) is 5.75 Å². The van der Waals surface area contributed by atoms with E-state index in [1.165, 1.54) is 7.11 Å². The first-order valence-electron chi connectivity index (χ1n) is 5.45. The van der Waals surface area contributed by atoms with Crippen molar-refractivity contribution in [2.45, 2.75) is 25.1 Å². The molecule has 1 atom stereocenters. The number of ether oxygens (including phenoxy) is 1. The number of alkyl halides is 3. The lowest BCUT2D eigenvalue weighted by molar-refractivity contribution is -0.136. The summed E-state index contributed by atoms with van der Waals surface area (Å²) >= 11 is 3.30. The van der Waals surface area contributed by atoms with Crippen LogP contribution in [0.2, 0.25) is 0 Å². The largest absolute Gasteiger partial charge is 0.496 e. The van der Waals surface area contributed by atoms with Gasteiger partial charge in [0.1, 0.15) is 5.75 Å². The van der Waals surface area contributed by atoms with Gasteiger partial charge >= 0.3 is 6.18 Å². The van der Waals surface area contributed by atoms with Gasteiger partial charge < -0.3 is 10.1 Å². The lowest BCUT2D eigenvalue weighted by atomic mass is 10.0. The van der Waals surface area contributed by atoms with Crippen molar-refractivity contribution in [2.24, 2.45) is 0 Å². The van der Waals surface area contributed by atoms with Gasteiger partial charge in [0.2, 0.25) is 0 Å². The summed E-state index contributed by atoms with van der Waals surface area (Å²) in [6.07, 6.45) is -4.98. The number of nitrogens with one attached hydrogen (secondary N) is 1. The Labute approximate surface area is 113 Å². The Morgan fingerprint density at radius 2 is 2.06 bits per heavy atom. The van der Waals surface area contributed by atoms with Crippen LogP contribution in [0.25, 0.3) is 0 Å². The first-order chi connectivity index (χ1) is 8.37. The highest BCUT2D eigenvalue weighted by molar-refractivity contribution is 9.10. The van der Waals surface area contributed by atoms with Crippen molar-refractivity contribution < 1.29 is 17.9 Å². The topological polar surface area (TPSA) is 21.3 Å². The summed E-state index contributed by atoms with van der Waals surface area (Å²) in [4.78, 5) is 0. The van der Waals surface area contributed by atoms with Crippen LogP contribution < -0.4 is 10.1 Å². The molecule has 1 aromatic carbocycles. The zero-order valence-electron chi connectivity index (χ0n) is 10.1. The second kappa shape index (κ2) is 6.43. The quantitative estimate of drug-likeness (QED) is 0.881. The van der Waals surface area contributed by atoms with Crippen molar-refractivity contribution in [1.82, 2.24) is 5.32 Å². The van der Waals surface area contributed by atoms with E-state index in [0.29, 0.717) is 5.75 Å². The number of methoxy groups -OCH3 is 1. The van der Waals surface area contributed by atoms with Crippen LogP contribution in [0.1, 0.15) is 24.4 Å². The van der Waals surface area contributed by atoms with Gasteiger partial charge in [0, 0.05) is 22.5 Å². The Balaban J connectivity index is 2.88. The van der Waals surface area contributed by atoms with Crippen LogP contribution in [0.4, 0.5) is 13.2 Å². The second-order valence-corrected chi connectivity index (χ2v) is 4.80. The Kier molecular flexibility index (Phi) is 5.47. The van der Waals surface area contributed by atoms with Crippen LogP contribution in [0.15, 0.2) is 22.7 Å². The van der Waals surface area contributed by atoms with Crippen molar-refractivity contribution in [1.29, 1.82) is 0 Å². The highest BCUT2D eigenvalue weighted by Crippen LogP contribution is 2.33. The molecule has 0 fully saturated rings. The molecule has 0 heterocycles. The fourth-order valence-corrected chi connectivity index (χ4v) is 2.08. The monoisotopic (exact) mass is 325 g/mol. The number of rotatable bonds is 5. The van der Waals surface area contributed by atoms with Gasteiger partial charge in [-0.2, -0.15) is 13.2 Å². The first kappa shape index (κ1) is 15.3. The van der Waals surface area contributed by atoms with Crippen molar-refractivity contribution in [2.75, 3.05) is 14.2 Å². The van der Waals surface area contributed by atoms with E-state index >= 15 is 0 Å². The summed E-state index contributed by atoms with van der Waals surface area (Å²) in [5, 5.41) is 2.89. The average molecular weight is 326 g/mol. The van der Waals surface area contributed by atoms with E-state index in [0.717, 1.165) is 10.0 Å². The molecule has 0 aliphatic heterocycles. The van der Waals surface area contributed by atoms with Crippen molar-refractivity contribution >= 4 is 15.9 Å². The molecule has 2 nitrogen and oxygen atoms in total. The third kappa shape index (κ3) is 4.49. The molecule has 0 spiro atoms. The van der Waals surface area contributed by atoms with Gasteiger partial charge in [0.05, 0.1) is 7.11 Å². The van der Waals surface area contributed by atoms with Crippen LogP contribution in [0.3, 0.4) is 0 Å². The molecule has 102 valence electrons. The summed E-state index contributed by atoms with van der Waals surface area (Å²) in [6, 6.07) is 4.92. The molecule has 0 bridgehead atoms. The SMILES string of the molecule is CNC(CCC(F)(F)F)c1ccc(Br)cc1OC. The van der Waals surface area contributed by atoms with Crippen LogP contribution in [-0.4, -0.2) is 20.3 Å². The number of hydrogen-bond donors (Lipinski definition) is 1. The third-order valence-corrected chi connectivity index (χ3v) is 3.13. The average Bonchev–Trinajstić information content (AvgIpc) is 2.29. The molecule has 6 heteroatoms. The lowest BCUT2D eigenvalue weighted by Crippen LogP contribution is -2.20. The first-order valence-corrected chi connectivity index (χ1v) is 6.24. The normalized spacial score (nSPS) is 13.4. The van der Waals surface area contributed by atoms with Gasteiger partial charge in [-0.15, -0.1) is 0 Å². The summed E-state index contributed by atoms with van der Waals surface area (Å²) in [7, 11) is 3.14. The third-order valence-electron chi connectivity index (χ3n) is 2.64. The number of benzene rings is 1. The number of hydrogen-bond acceptors (Lipinski definition) is 2. The molecule has 1 N–H and O–H groups in total. The molecule has 0 amide bonds. The van der Waals surface area contributed by atoms with Gasteiger partial charge in [-0.25, -0.2) is 0 Å². The van der Waals surface area contributed by atoms with E-state index in [-0.39, 0.29) is 12.5 Å². The Morgan fingerprint density at radius 3 is 2.56 bits per heavy atom. The molecule has 0 saturated heterocycles. The van der Waals surface area contributed by atoms with E-state index in [9.17, 15) is 13.2 Å². The minimum Gasteiger partial charge on any atom is -0.496 e. The summed E-state index contributed by atoms with van der Waals surface area (Å²) in [5.41, 5.74) is 0.729. The van der Waals surface area contributed by atoms with Crippen LogP contribution in [-0.2, 0) is 0 Å². The smallest absolute Gasteiger partial charge is 0.389 e. The maximum Gasteiger partial charge on any atom is 0.389 e. The Bertz CT molecular complexity index is 395. The lowest BCUT2D eigenvalue weighted by Gasteiger charge is -2.20. The maximum absolute atomic E-state index is 12.2. The van der Waals surface area contributed by atoms with E-state index < -0.39 is 12.6 Å². The second-order valence-electron chi connectivity index (χ2n) is 3.88. The fourth-order valence-electron chi connectivity index (χ4n) is 1.74. The molecular formula is C12H15BrF3NO. The van der Waals surface area contributed by atoms with E-state index in [2.05, 4.69) is 21.2 Å². The van der Waals surface area contributed by atoms with E-state index in [1.807, 2.05) is 0 Å². The van der Waals surface area contributed by atoms with Gasteiger partial charge in [0.25, 0.3) is 0 Å². The predicted octanol–water partition coefficient (Wildman–Crippen LogP) is 4.06. The number of halogens is 4. The molecule has 0 aliphatic carbocycles. The predicted molar refractivity (Wildman–Crippen MR) is 67.8 cm³/mol. The molecule has 1 unspecified atom stereocenters. The van der Waals surface area contributed by atoms with Crippen molar-refractivity contribution in [3.05, 3.63) is 28.2 Å². The Morgan fingerprint density at radius 1 is 1.39 bits per heavy atom. The van der Waals surface area contributed by atoms with Gasteiger partial charge in [-0.1, -0.05) is 22.0 Å². The minimum absolute atomic E-state index is 0.0159. The summed E-state index contributed by atoms with van der Waals surface area (Å²) in [5.74, 6) is 0.575. The maximum atomic E-state index is 12.2. The molecular weight excluding hydrogens is 311 g/mol. The van der Waals surface area contributed by atoms with Gasteiger partial charge in [0.15, 0.2) is 0 Å². The van der Waals surface area contributed by atoms with Gasteiger partial charge in [-0.3, -0.25) is 0 Å². The molecule has 1 rings (SSSR count). The van der Waals surface area contributed by atoms with Crippen molar-refractivity contribution in [3.8, 4) is 5.75 Å². The fraction of sp³-hybridized carbons (Fsp3) is 0.500. The van der Waals surface area contributed by atoms with E-state index in [1.54, 1.807) is 25.2 Å². The molecule has 0 saturated carbocycles. The minimum atomic E-state index is -4.14. The molecule has 18 heavy (non-hydrogen) atoms. The zero-order valence-corrected chi connectivity index (χ0v) is 11.7. The zero-order chi connectivity index (χ0) is 13.8. The van der Waals surface area contributed by atoms with Gasteiger partial charge in [-0.05, 0) is 25.6 Å². The molecule has 0 aliphatic rings. The van der Waals surface area contributed by atoms with Crippen molar-refractivity contribution in [3.63, 3.8) is 0 Å². The molecule has 0 radical (unpaired) electrons. The van der Waals surface area contributed by atoms with Crippen LogP contribution in [0, 0.1) is 0 Å². The van der Waals surface area contributed by atoms with Crippen LogP contribution >= 0.6 is 15.9 Å². The molecule has 1 aromatic rings.